The molecule has 0 saturated heterocycles. The maximum atomic E-state index is 14.2. The highest BCUT2D eigenvalue weighted by molar-refractivity contribution is 7.90. The largest absolute Gasteiger partial charge is 0.460 e. The van der Waals surface area contributed by atoms with E-state index in [1.165, 1.54) is 30.5 Å². The van der Waals surface area contributed by atoms with Crippen molar-refractivity contribution in [3.05, 3.63) is 88.9 Å². The van der Waals surface area contributed by atoms with Crippen molar-refractivity contribution >= 4 is 21.8 Å². The number of hydrogen-bond donors (Lipinski definition) is 0. The van der Waals surface area contributed by atoms with Gasteiger partial charge in [-0.1, -0.05) is 30.3 Å². The van der Waals surface area contributed by atoms with Crippen molar-refractivity contribution in [2.24, 2.45) is 4.40 Å². The van der Waals surface area contributed by atoms with Gasteiger partial charge in [-0.3, -0.25) is 0 Å². The molecular weight excluding hydrogens is 451 g/mol. The normalized spacial score (nSPS) is 20.6. The number of amidine groups is 1. The second kappa shape index (κ2) is 8.45. The van der Waals surface area contributed by atoms with Crippen LogP contribution in [0.4, 0.5) is 4.39 Å². The van der Waals surface area contributed by atoms with E-state index < -0.39 is 28.1 Å². The monoisotopic (exact) mass is 470 g/mol. The lowest BCUT2D eigenvalue weighted by atomic mass is 10.1. The number of benzene rings is 2. The van der Waals surface area contributed by atoms with Gasteiger partial charge in [-0.15, -0.1) is 4.40 Å². The zero-order valence-electron chi connectivity index (χ0n) is 17.3. The summed E-state index contributed by atoms with van der Waals surface area (Å²) >= 11 is 0. The Bertz CT molecular complexity index is 1300. The summed E-state index contributed by atoms with van der Waals surface area (Å²) in [5.74, 6) is -0.591. The third-order valence-electron chi connectivity index (χ3n) is 5.31. The van der Waals surface area contributed by atoms with Crippen molar-refractivity contribution in [2.45, 2.75) is 19.5 Å². The molecule has 5 rings (SSSR count). The van der Waals surface area contributed by atoms with Crippen molar-refractivity contribution in [1.82, 2.24) is 4.90 Å². The molecule has 8 nitrogen and oxygen atoms in total. The van der Waals surface area contributed by atoms with Crippen LogP contribution in [0.1, 0.15) is 23.0 Å². The Labute approximate surface area is 189 Å². The van der Waals surface area contributed by atoms with Crippen molar-refractivity contribution in [2.75, 3.05) is 12.3 Å². The van der Waals surface area contributed by atoms with Crippen molar-refractivity contribution in [3.8, 4) is 5.75 Å². The van der Waals surface area contributed by atoms with Gasteiger partial charge >= 0.3 is 5.97 Å². The quantitative estimate of drug-likeness (QED) is 0.634. The van der Waals surface area contributed by atoms with Crippen molar-refractivity contribution in [3.63, 3.8) is 0 Å². The first-order valence-corrected chi connectivity index (χ1v) is 11.8. The minimum Gasteiger partial charge on any atom is -0.460 e. The predicted molar refractivity (Wildman–Crippen MR) is 116 cm³/mol. The third-order valence-corrected chi connectivity index (χ3v) is 6.48. The third kappa shape index (κ3) is 4.53. The van der Waals surface area contributed by atoms with Gasteiger partial charge in [-0.05, 0) is 24.3 Å². The van der Waals surface area contributed by atoms with Crippen LogP contribution in [0.5, 0.6) is 5.75 Å². The highest BCUT2D eigenvalue weighted by atomic mass is 32.2. The molecule has 0 amide bonds. The van der Waals surface area contributed by atoms with Crippen LogP contribution in [0.2, 0.25) is 0 Å². The number of sulfonamides is 1. The summed E-state index contributed by atoms with van der Waals surface area (Å²) in [6.45, 7) is 0.136. The average Bonchev–Trinajstić information content (AvgIpc) is 2.81. The Morgan fingerprint density at radius 2 is 2.03 bits per heavy atom. The van der Waals surface area contributed by atoms with Crippen LogP contribution in [0.3, 0.4) is 0 Å². The van der Waals surface area contributed by atoms with Gasteiger partial charge in [-0.25, -0.2) is 17.6 Å². The molecule has 33 heavy (non-hydrogen) atoms. The number of carbonyl (C=O) groups is 1. The lowest BCUT2D eigenvalue weighted by molar-refractivity contribution is -0.140. The van der Waals surface area contributed by atoms with E-state index in [-0.39, 0.29) is 36.9 Å². The molecule has 10 heteroatoms. The van der Waals surface area contributed by atoms with Crippen LogP contribution < -0.4 is 4.74 Å². The molecule has 170 valence electrons. The fraction of sp³-hybridized carbons (Fsp3) is 0.217. The van der Waals surface area contributed by atoms with Crippen LogP contribution in [0.25, 0.3) is 0 Å². The smallest absolute Gasteiger partial charge is 0.339 e. The van der Waals surface area contributed by atoms with Crippen LogP contribution in [-0.4, -0.2) is 37.4 Å². The Morgan fingerprint density at radius 1 is 1.21 bits per heavy atom. The van der Waals surface area contributed by atoms with Gasteiger partial charge in [0.15, 0.2) is 0 Å². The van der Waals surface area contributed by atoms with Gasteiger partial charge in [0.2, 0.25) is 6.29 Å². The van der Waals surface area contributed by atoms with E-state index in [9.17, 15) is 17.6 Å². The van der Waals surface area contributed by atoms with E-state index in [4.69, 9.17) is 14.2 Å². The van der Waals surface area contributed by atoms with Crippen LogP contribution in [0, 0.1) is 5.82 Å². The first-order chi connectivity index (χ1) is 15.9. The minimum absolute atomic E-state index is 0.138. The Balaban J connectivity index is 1.32. The van der Waals surface area contributed by atoms with Gasteiger partial charge in [-0.2, -0.15) is 0 Å². The summed E-state index contributed by atoms with van der Waals surface area (Å²) in [4.78, 5) is 14.2. The van der Waals surface area contributed by atoms with E-state index >= 15 is 0 Å². The number of rotatable bonds is 4. The fourth-order valence-corrected chi connectivity index (χ4v) is 4.68. The summed E-state index contributed by atoms with van der Waals surface area (Å²) in [5.41, 5.74) is 1.95. The maximum Gasteiger partial charge on any atom is 0.339 e. The Hall–Kier alpha value is -3.50. The lowest BCUT2D eigenvalue weighted by Gasteiger charge is -2.28. The van der Waals surface area contributed by atoms with Gasteiger partial charge in [0.05, 0.1) is 17.9 Å². The van der Waals surface area contributed by atoms with Gasteiger partial charge < -0.3 is 19.1 Å². The van der Waals surface area contributed by atoms with E-state index in [0.29, 0.717) is 16.9 Å². The second-order valence-electron chi connectivity index (χ2n) is 7.65. The molecule has 0 spiro atoms. The SMILES string of the molecule is O=C(OCc1cc(F)cc2c1O[C@H](c1ccccc1)OC2)C1=CN2CCS(=O)(=O)N=C2C=C1. The number of nitrogens with zero attached hydrogens (tertiary/aromatic N) is 2. The van der Waals surface area contributed by atoms with E-state index in [2.05, 4.69) is 4.40 Å². The number of ether oxygens (including phenoxy) is 3. The van der Waals surface area contributed by atoms with Crippen LogP contribution >= 0.6 is 0 Å². The van der Waals surface area contributed by atoms with Crippen LogP contribution in [0.15, 0.2) is 70.8 Å². The molecule has 3 heterocycles. The summed E-state index contributed by atoms with van der Waals surface area (Å²) in [6, 6.07) is 11.9. The summed E-state index contributed by atoms with van der Waals surface area (Å²) in [5, 5.41) is 0. The summed E-state index contributed by atoms with van der Waals surface area (Å²) < 4.78 is 58.2. The molecular formula is C23H19FN2O6S. The molecule has 0 radical (unpaired) electrons. The van der Waals surface area contributed by atoms with Gasteiger partial charge in [0, 0.05) is 29.4 Å². The standard InChI is InChI=1S/C23H19FN2O6S/c24-19-10-17(21-18(11-19)14-31-23(32-21)15-4-2-1-3-5-15)13-30-22(27)16-6-7-20-25-33(28,29)9-8-26(20)12-16/h1-7,10-12,23H,8-9,13-14H2/t23-/m1/s1. The molecule has 0 saturated carbocycles. The first kappa shape index (κ1) is 21.4. The van der Waals surface area contributed by atoms with E-state index in [0.717, 1.165) is 5.56 Å². The second-order valence-corrected chi connectivity index (χ2v) is 9.40. The summed E-state index contributed by atoms with van der Waals surface area (Å²) in [6.07, 6.45) is 3.72. The molecule has 3 aliphatic rings. The maximum absolute atomic E-state index is 14.2. The lowest BCUT2D eigenvalue weighted by Crippen LogP contribution is -2.37. The number of fused-ring (bicyclic) bond motifs is 2. The molecule has 2 aromatic rings. The molecule has 1 atom stereocenters. The zero-order valence-corrected chi connectivity index (χ0v) is 18.1. The highest BCUT2D eigenvalue weighted by Gasteiger charge is 2.27. The Morgan fingerprint density at radius 3 is 2.85 bits per heavy atom. The zero-order chi connectivity index (χ0) is 23.0. The molecule has 0 fully saturated rings. The van der Waals surface area contributed by atoms with Crippen LogP contribution in [-0.2, 0) is 37.5 Å². The fourth-order valence-electron chi connectivity index (χ4n) is 3.71. The highest BCUT2D eigenvalue weighted by Crippen LogP contribution is 2.37. The number of hydrogen-bond acceptors (Lipinski definition) is 7. The number of halogens is 1. The summed E-state index contributed by atoms with van der Waals surface area (Å²) in [7, 11) is -3.48. The number of esters is 1. The number of carbonyl (C=O) groups excluding carboxylic acids is 1. The topological polar surface area (TPSA) is 94.5 Å². The molecule has 0 N–H and O–H groups in total. The van der Waals surface area contributed by atoms with E-state index in [1.54, 1.807) is 4.90 Å². The Kier molecular flexibility index (Phi) is 5.47. The molecule has 0 unspecified atom stereocenters. The predicted octanol–water partition coefficient (Wildman–Crippen LogP) is 2.97. The molecule has 2 aromatic carbocycles. The minimum atomic E-state index is -3.48. The van der Waals surface area contributed by atoms with E-state index in [1.807, 2.05) is 30.3 Å². The average molecular weight is 470 g/mol. The van der Waals surface area contributed by atoms with Gasteiger partial charge in [0.1, 0.15) is 24.0 Å². The molecule has 3 aliphatic heterocycles. The molecule has 0 bridgehead atoms. The van der Waals surface area contributed by atoms with Crippen molar-refractivity contribution in [1.29, 1.82) is 0 Å². The van der Waals surface area contributed by atoms with Gasteiger partial charge in [0.25, 0.3) is 10.0 Å². The van der Waals surface area contributed by atoms with Crippen molar-refractivity contribution < 1.29 is 31.8 Å². The molecule has 0 aliphatic carbocycles. The first-order valence-electron chi connectivity index (χ1n) is 10.2. The molecule has 0 aromatic heterocycles.